The molecule has 2 heterocycles. The Bertz CT molecular complexity index is 2820. The summed E-state index contributed by atoms with van der Waals surface area (Å²) in [7, 11) is 0. The van der Waals surface area contributed by atoms with Gasteiger partial charge in [0.25, 0.3) is 0 Å². The third kappa shape index (κ3) is 5.85. The minimum atomic E-state index is 0.783. The minimum Gasteiger partial charge on any atom is -0.311 e. The molecule has 0 aliphatic carbocycles. The van der Waals surface area contributed by atoms with Crippen molar-refractivity contribution in [2.24, 2.45) is 0 Å². The quantitative estimate of drug-likeness (QED) is 0.158. The van der Waals surface area contributed by atoms with Gasteiger partial charge in [-0.3, -0.25) is 4.57 Å². The second-order valence-electron chi connectivity index (χ2n) is 13.6. The fourth-order valence-electron chi connectivity index (χ4n) is 7.66. The van der Waals surface area contributed by atoms with Crippen LogP contribution in [0.2, 0.25) is 0 Å². The van der Waals surface area contributed by atoms with Crippen molar-refractivity contribution in [3.8, 4) is 45.3 Å². The Morgan fingerprint density at radius 1 is 0.291 bits per heavy atom. The summed E-state index contributed by atoms with van der Waals surface area (Å²) in [6.45, 7) is 0. The van der Waals surface area contributed by atoms with Crippen molar-refractivity contribution in [2.45, 2.75) is 0 Å². The van der Waals surface area contributed by atoms with Gasteiger partial charge in [-0.05, 0) is 96.1 Å². The van der Waals surface area contributed by atoms with Gasteiger partial charge in [0, 0.05) is 50.3 Å². The molecule has 0 saturated carbocycles. The Hall–Kier alpha value is -7.50. The van der Waals surface area contributed by atoms with Gasteiger partial charge < -0.3 is 9.47 Å². The second-order valence-corrected chi connectivity index (χ2v) is 13.6. The monoisotopic (exact) mass is 705 g/mol. The van der Waals surface area contributed by atoms with Gasteiger partial charge in [-0.2, -0.15) is 0 Å². The molecule has 0 atom stereocenters. The molecule has 0 aliphatic rings. The summed E-state index contributed by atoms with van der Waals surface area (Å²) in [5, 5.41) is 11.9. The molecule has 0 bridgehead atoms. The SMILES string of the molecule is c1ccc(-c2ccc(N(c3ccc(-c4nnc(-c5ccccc5)n4-c4ccccc4)cc3)c3ccc(-n4c5ccccc5c5ccccc54)cc3)cc2)cc1. The summed E-state index contributed by atoms with van der Waals surface area (Å²) in [6.07, 6.45) is 0. The third-order valence-electron chi connectivity index (χ3n) is 10.3. The highest BCUT2D eigenvalue weighted by Crippen LogP contribution is 2.39. The number of rotatable bonds is 8. The second kappa shape index (κ2) is 13.8. The summed E-state index contributed by atoms with van der Waals surface area (Å²) >= 11 is 0. The maximum absolute atomic E-state index is 4.74. The van der Waals surface area contributed by atoms with Crippen LogP contribution in [0.4, 0.5) is 17.1 Å². The van der Waals surface area contributed by atoms with E-state index in [0.29, 0.717) is 0 Å². The van der Waals surface area contributed by atoms with E-state index in [4.69, 9.17) is 10.2 Å². The van der Waals surface area contributed by atoms with Crippen LogP contribution in [0.5, 0.6) is 0 Å². The average Bonchev–Trinajstić information content (AvgIpc) is 3.86. The number of fused-ring (bicyclic) bond motifs is 3. The number of hydrogen-bond donors (Lipinski definition) is 0. The Balaban J connectivity index is 1.07. The molecule has 0 aliphatic heterocycles. The van der Waals surface area contributed by atoms with Gasteiger partial charge in [-0.15, -0.1) is 10.2 Å². The fraction of sp³-hybridized carbons (Fsp3) is 0. The molecule has 5 nitrogen and oxygen atoms in total. The zero-order chi connectivity index (χ0) is 36.6. The molecule has 0 N–H and O–H groups in total. The lowest BCUT2D eigenvalue weighted by atomic mass is 10.0. The molecule has 0 unspecified atom stereocenters. The summed E-state index contributed by atoms with van der Waals surface area (Å²) < 4.78 is 4.49. The molecule has 260 valence electrons. The van der Waals surface area contributed by atoms with Gasteiger partial charge >= 0.3 is 0 Å². The lowest BCUT2D eigenvalue weighted by molar-refractivity contribution is 1.07. The highest BCUT2D eigenvalue weighted by Gasteiger charge is 2.19. The summed E-state index contributed by atoms with van der Waals surface area (Å²) in [5.41, 5.74) is 12.0. The van der Waals surface area contributed by atoms with Gasteiger partial charge in [0.1, 0.15) is 0 Å². The van der Waals surface area contributed by atoms with Gasteiger partial charge in [0.2, 0.25) is 0 Å². The number of aromatic nitrogens is 4. The van der Waals surface area contributed by atoms with Crippen molar-refractivity contribution in [3.05, 3.63) is 212 Å². The van der Waals surface area contributed by atoms with Crippen LogP contribution in [-0.4, -0.2) is 19.3 Å². The van der Waals surface area contributed by atoms with Gasteiger partial charge in [0.15, 0.2) is 11.6 Å². The molecule has 10 aromatic rings. The fourth-order valence-corrected chi connectivity index (χ4v) is 7.66. The largest absolute Gasteiger partial charge is 0.311 e. The van der Waals surface area contributed by atoms with E-state index in [2.05, 4.69) is 190 Å². The zero-order valence-electron chi connectivity index (χ0n) is 29.9. The molecular weight excluding hydrogens is 671 g/mol. The predicted octanol–water partition coefficient (Wildman–Crippen LogP) is 12.8. The Kier molecular flexibility index (Phi) is 8.08. The van der Waals surface area contributed by atoms with Crippen molar-refractivity contribution in [2.75, 3.05) is 4.90 Å². The lowest BCUT2D eigenvalue weighted by Gasteiger charge is -2.26. The zero-order valence-corrected chi connectivity index (χ0v) is 29.9. The maximum atomic E-state index is 4.74. The molecule has 0 fully saturated rings. The number of para-hydroxylation sites is 3. The van der Waals surface area contributed by atoms with Crippen LogP contribution in [0.25, 0.3) is 67.1 Å². The van der Waals surface area contributed by atoms with Crippen LogP contribution in [0, 0.1) is 0 Å². The molecule has 0 spiro atoms. The highest BCUT2D eigenvalue weighted by atomic mass is 15.3. The molecule has 5 heteroatoms. The van der Waals surface area contributed by atoms with E-state index in [1.807, 2.05) is 36.4 Å². The first kappa shape index (κ1) is 32.2. The van der Waals surface area contributed by atoms with Crippen LogP contribution in [-0.2, 0) is 0 Å². The van der Waals surface area contributed by atoms with E-state index in [1.165, 1.54) is 32.9 Å². The van der Waals surface area contributed by atoms with Crippen molar-refractivity contribution < 1.29 is 0 Å². The van der Waals surface area contributed by atoms with Crippen LogP contribution < -0.4 is 4.90 Å². The average molecular weight is 706 g/mol. The van der Waals surface area contributed by atoms with Gasteiger partial charge in [-0.25, -0.2) is 0 Å². The van der Waals surface area contributed by atoms with Gasteiger partial charge in [0.05, 0.1) is 11.0 Å². The van der Waals surface area contributed by atoms with Crippen LogP contribution >= 0.6 is 0 Å². The molecule has 10 rings (SSSR count). The van der Waals surface area contributed by atoms with Crippen molar-refractivity contribution in [1.82, 2.24) is 19.3 Å². The van der Waals surface area contributed by atoms with E-state index < -0.39 is 0 Å². The highest BCUT2D eigenvalue weighted by molar-refractivity contribution is 6.09. The first-order valence-electron chi connectivity index (χ1n) is 18.5. The van der Waals surface area contributed by atoms with Crippen LogP contribution in [0.1, 0.15) is 0 Å². The van der Waals surface area contributed by atoms with E-state index >= 15 is 0 Å². The summed E-state index contributed by atoms with van der Waals surface area (Å²) in [6, 6.07) is 74.6. The van der Waals surface area contributed by atoms with Crippen molar-refractivity contribution in [1.29, 1.82) is 0 Å². The Morgan fingerprint density at radius 3 is 1.18 bits per heavy atom. The smallest absolute Gasteiger partial charge is 0.168 e. The topological polar surface area (TPSA) is 38.9 Å². The van der Waals surface area contributed by atoms with E-state index in [1.54, 1.807) is 0 Å². The first-order valence-corrected chi connectivity index (χ1v) is 18.5. The van der Waals surface area contributed by atoms with Crippen molar-refractivity contribution in [3.63, 3.8) is 0 Å². The minimum absolute atomic E-state index is 0.783. The molecule has 55 heavy (non-hydrogen) atoms. The van der Waals surface area contributed by atoms with E-state index in [9.17, 15) is 0 Å². The molecule has 0 amide bonds. The van der Waals surface area contributed by atoms with Crippen LogP contribution in [0.15, 0.2) is 212 Å². The standard InChI is InChI=1S/C50H35N5/c1-4-14-36(15-5-1)37-24-28-41(29-25-37)53(43-32-34-44(35-33-43)54-47-22-12-10-20-45(47)46-21-11-13-23-48(46)54)42-30-26-39(27-31-42)50-52-51-49(38-16-6-2-7-17-38)55(50)40-18-8-3-9-19-40/h1-35H. The predicted molar refractivity (Wildman–Crippen MR) is 227 cm³/mol. The molecule has 2 aromatic heterocycles. The maximum Gasteiger partial charge on any atom is 0.168 e. The van der Waals surface area contributed by atoms with Crippen LogP contribution in [0.3, 0.4) is 0 Å². The molecule has 0 radical (unpaired) electrons. The summed E-state index contributed by atoms with van der Waals surface area (Å²) in [5.74, 6) is 1.58. The van der Waals surface area contributed by atoms with Gasteiger partial charge in [-0.1, -0.05) is 127 Å². The normalized spacial score (nSPS) is 11.3. The molecule has 0 saturated heterocycles. The summed E-state index contributed by atoms with van der Waals surface area (Å²) in [4.78, 5) is 2.31. The lowest BCUT2D eigenvalue weighted by Crippen LogP contribution is -2.10. The Labute approximate surface area is 319 Å². The van der Waals surface area contributed by atoms with E-state index in [-0.39, 0.29) is 0 Å². The molecule has 8 aromatic carbocycles. The molecular formula is C50H35N5. The number of anilines is 3. The Morgan fingerprint density at radius 2 is 0.655 bits per heavy atom. The number of nitrogens with zero attached hydrogens (tertiary/aromatic N) is 5. The number of hydrogen-bond acceptors (Lipinski definition) is 3. The van der Waals surface area contributed by atoms with Crippen molar-refractivity contribution >= 4 is 38.9 Å². The number of benzene rings is 8. The van der Waals surface area contributed by atoms with E-state index in [0.717, 1.165) is 51.2 Å². The first-order chi connectivity index (χ1) is 27.3. The third-order valence-corrected chi connectivity index (χ3v) is 10.3.